The second-order valence-electron chi connectivity index (χ2n) is 7.89. The van der Waals surface area contributed by atoms with Crippen molar-refractivity contribution in [3.8, 4) is 0 Å². The van der Waals surface area contributed by atoms with Crippen molar-refractivity contribution in [3.05, 3.63) is 77.3 Å². The highest BCUT2D eigenvalue weighted by molar-refractivity contribution is 5.87. The zero-order valence-corrected chi connectivity index (χ0v) is 16.2. The van der Waals surface area contributed by atoms with Crippen molar-refractivity contribution in [2.24, 2.45) is 7.05 Å². The second kappa shape index (κ2) is 7.58. The molecule has 3 aromatic rings. The lowest BCUT2D eigenvalue weighted by atomic mass is 9.96. The summed E-state index contributed by atoms with van der Waals surface area (Å²) in [6, 6.07) is 17.5. The molecule has 27 heavy (non-hydrogen) atoms. The van der Waals surface area contributed by atoms with Gasteiger partial charge in [-0.25, -0.2) is 4.85 Å². The zero-order valence-electron chi connectivity index (χ0n) is 16.2. The van der Waals surface area contributed by atoms with Crippen LogP contribution in [0, 0.1) is 6.57 Å². The Morgan fingerprint density at radius 1 is 1.15 bits per heavy atom. The molecule has 3 heteroatoms. The van der Waals surface area contributed by atoms with Crippen LogP contribution in [0.1, 0.15) is 36.3 Å². The maximum absolute atomic E-state index is 7.32. The molecule has 0 amide bonds. The molecule has 1 aliphatic carbocycles. The Morgan fingerprint density at radius 2 is 1.96 bits per heavy atom. The molecular weight excluding hydrogens is 330 g/mol. The summed E-state index contributed by atoms with van der Waals surface area (Å²) in [5, 5.41) is 1.27. The maximum atomic E-state index is 7.32. The van der Waals surface area contributed by atoms with Crippen LogP contribution in [0.25, 0.3) is 15.7 Å². The molecule has 1 heterocycles. The van der Waals surface area contributed by atoms with E-state index in [-0.39, 0.29) is 0 Å². The first-order valence-electron chi connectivity index (χ1n) is 9.86. The van der Waals surface area contributed by atoms with Gasteiger partial charge in [0, 0.05) is 31.3 Å². The lowest BCUT2D eigenvalue weighted by Crippen LogP contribution is -2.31. The van der Waals surface area contributed by atoms with Crippen LogP contribution in [0.15, 0.2) is 54.7 Å². The first kappa shape index (κ1) is 17.8. The Hall–Kier alpha value is -2.57. The standard InChI is InChI=1S/C24H27N3/c1-25-20-10-12-24-22(16-20)23(17-27(24)3)19-9-11-21(15-19)26(2)14-13-18-7-5-4-6-8-18/h4-8,10,12,16-17,19,21H,9,11,13-15H2,2-3H3. The number of hydrogen-bond acceptors (Lipinski definition) is 1. The molecule has 1 aromatic heterocycles. The van der Waals surface area contributed by atoms with Crippen molar-refractivity contribution < 1.29 is 0 Å². The fraction of sp³-hybridized carbons (Fsp3) is 0.375. The van der Waals surface area contributed by atoms with E-state index < -0.39 is 0 Å². The van der Waals surface area contributed by atoms with Crippen LogP contribution in [0.4, 0.5) is 5.69 Å². The van der Waals surface area contributed by atoms with E-state index in [1.807, 2.05) is 6.07 Å². The van der Waals surface area contributed by atoms with Gasteiger partial charge in [-0.3, -0.25) is 0 Å². The van der Waals surface area contributed by atoms with E-state index in [2.05, 4.69) is 77.1 Å². The lowest BCUT2D eigenvalue weighted by Gasteiger charge is -2.24. The normalized spacial score (nSPS) is 19.6. The molecule has 3 nitrogen and oxygen atoms in total. The summed E-state index contributed by atoms with van der Waals surface area (Å²) in [6.07, 6.45) is 7.11. The molecule has 138 valence electrons. The van der Waals surface area contributed by atoms with Gasteiger partial charge in [0.25, 0.3) is 0 Å². The van der Waals surface area contributed by atoms with E-state index in [9.17, 15) is 0 Å². The first-order valence-corrected chi connectivity index (χ1v) is 9.86. The molecule has 0 saturated heterocycles. The van der Waals surface area contributed by atoms with E-state index in [1.165, 1.54) is 41.3 Å². The van der Waals surface area contributed by atoms with Crippen molar-refractivity contribution in [2.75, 3.05) is 13.6 Å². The van der Waals surface area contributed by atoms with Crippen LogP contribution in [0.5, 0.6) is 0 Å². The Labute approximate surface area is 162 Å². The summed E-state index contributed by atoms with van der Waals surface area (Å²) >= 11 is 0. The number of fused-ring (bicyclic) bond motifs is 1. The quantitative estimate of drug-likeness (QED) is 0.546. The van der Waals surface area contributed by atoms with Gasteiger partial charge in [0.05, 0.1) is 6.57 Å². The van der Waals surface area contributed by atoms with Crippen LogP contribution in [-0.2, 0) is 13.5 Å². The smallest absolute Gasteiger partial charge is 0.187 e. The number of hydrogen-bond donors (Lipinski definition) is 0. The van der Waals surface area contributed by atoms with Crippen molar-refractivity contribution in [2.45, 2.75) is 37.6 Å². The SMILES string of the molecule is [C-]#[N+]c1ccc2c(c1)c(C1CCC(N(C)CCc3ccccc3)C1)cn2C. The first-order chi connectivity index (χ1) is 13.2. The largest absolute Gasteiger partial charge is 0.350 e. The van der Waals surface area contributed by atoms with Gasteiger partial charge >= 0.3 is 0 Å². The second-order valence-corrected chi connectivity index (χ2v) is 7.89. The fourth-order valence-electron chi connectivity index (χ4n) is 4.58. The molecule has 2 unspecified atom stereocenters. The molecular formula is C24H27N3. The minimum absolute atomic E-state index is 0.596. The molecule has 1 aliphatic rings. The third-order valence-corrected chi connectivity index (χ3v) is 6.20. The lowest BCUT2D eigenvalue weighted by molar-refractivity contribution is 0.247. The van der Waals surface area contributed by atoms with Gasteiger partial charge in [-0.1, -0.05) is 36.4 Å². The molecule has 4 rings (SSSR count). The molecule has 0 bridgehead atoms. The molecule has 2 atom stereocenters. The Morgan fingerprint density at radius 3 is 2.74 bits per heavy atom. The summed E-state index contributed by atoms with van der Waals surface area (Å²) in [4.78, 5) is 6.17. The minimum atomic E-state index is 0.596. The van der Waals surface area contributed by atoms with E-state index in [0.717, 1.165) is 18.7 Å². The van der Waals surface area contributed by atoms with Crippen LogP contribution in [-0.4, -0.2) is 29.1 Å². The van der Waals surface area contributed by atoms with Crippen LogP contribution in [0.2, 0.25) is 0 Å². The number of rotatable bonds is 5. The van der Waals surface area contributed by atoms with E-state index in [1.54, 1.807) is 0 Å². The third-order valence-electron chi connectivity index (χ3n) is 6.20. The zero-order chi connectivity index (χ0) is 18.8. The fourth-order valence-corrected chi connectivity index (χ4v) is 4.58. The number of likely N-dealkylation sites (N-methyl/N-ethyl adjacent to an activating group) is 1. The average Bonchev–Trinajstić information content (AvgIpc) is 3.31. The number of aromatic nitrogens is 1. The highest BCUT2D eigenvalue weighted by Gasteiger charge is 2.30. The molecule has 0 spiro atoms. The van der Waals surface area contributed by atoms with Crippen molar-refractivity contribution in [1.29, 1.82) is 0 Å². The summed E-state index contributed by atoms with van der Waals surface area (Å²) in [5.74, 6) is 0.596. The van der Waals surface area contributed by atoms with Crippen LogP contribution in [0.3, 0.4) is 0 Å². The van der Waals surface area contributed by atoms with Gasteiger partial charge in [-0.05, 0) is 67.3 Å². The summed E-state index contributed by atoms with van der Waals surface area (Å²) in [7, 11) is 4.39. The van der Waals surface area contributed by atoms with Crippen LogP contribution < -0.4 is 0 Å². The average molecular weight is 358 g/mol. The highest BCUT2D eigenvalue weighted by Crippen LogP contribution is 2.41. The summed E-state index contributed by atoms with van der Waals surface area (Å²) in [6.45, 7) is 8.43. The van der Waals surface area contributed by atoms with Crippen molar-refractivity contribution in [3.63, 3.8) is 0 Å². The predicted octanol–water partition coefficient (Wildman–Crippen LogP) is 5.54. The monoisotopic (exact) mass is 357 g/mol. The molecule has 0 radical (unpaired) electrons. The summed E-state index contributed by atoms with van der Waals surface area (Å²) < 4.78 is 2.21. The Kier molecular flexibility index (Phi) is 5.01. The van der Waals surface area contributed by atoms with Gasteiger partial charge in [0.2, 0.25) is 0 Å². The number of aryl methyl sites for hydroxylation is 1. The molecule has 2 aromatic carbocycles. The molecule has 0 N–H and O–H groups in total. The van der Waals surface area contributed by atoms with E-state index >= 15 is 0 Å². The third kappa shape index (κ3) is 3.63. The van der Waals surface area contributed by atoms with Gasteiger partial charge in [-0.15, -0.1) is 0 Å². The molecule has 1 saturated carbocycles. The van der Waals surface area contributed by atoms with Gasteiger partial charge in [0.15, 0.2) is 5.69 Å². The molecule has 0 aliphatic heterocycles. The minimum Gasteiger partial charge on any atom is -0.350 e. The number of nitrogens with zero attached hydrogens (tertiary/aromatic N) is 3. The summed E-state index contributed by atoms with van der Waals surface area (Å²) in [5.41, 5.74) is 4.82. The number of benzene rings is 2. The Bertz CT molecular complexity index is 964. The van der Waals surface area contributed by atoms with E-state index in [4.69, 9.17) is 6.57 Å². The maximum Gasteiger partial charge on any atom is 0.187 e. The van der Waals surface area contributed by atoms with Crippen molar-refractivity contribution in [1.82, 2.24) is 9.47 Å². The topological polar surface area (TPSA) is 12.5 Å². The van der Waals surface area contributed by atoms with E-state index in [0.29, 0.717) is 12.0 Å². The van der Waals surface area contributed by atoms with Gasteiger partial charge < -0.3 is 9.47 Å². The van der Waals surface area contributed by atoms with Gasteiger partial charge in [-0.2, -0.15) is 0 Å². The Balaban J connectivity index is 1.46. The van der Waals surface area contributed by atoms with Gasteiger partial charge in [0.1, 0.15) is 0 Å². The predicted molar refractivity (Wildman–Crippen MR) is 112 cm³/mol. The molecule has 1 fully saturated rings. The van der Waals surface area contributed by atoms with Crippen LogP contribution >= 0.6 is 0 Å². The van der Waals surface area contributed by atoms with Crippen molar-refractivity contribution >= 4 is 16.6 Å². The highest BCUT2D eigenvalue weighted by atomic mass is 15.1.